The van der Waals surface area contributed by atoms with Crippen LogP contribution in [0.2, 0.25) is 0 Å². The van der Waals surface area contributed by atoms with Crippen LogP contribution >= 0.6 is 0 Å². The molecule has 0 spiro atoms. The van der Waals surface area contributed by atoms with Crippen molar-refractivity contribution in [2.24, 2.45) is 16.7 Å². The maximum Gasteiger partial charge on any atom is 0.307 e. The van der Waals surface area contributed by atoms with Gasteiger partial charge in [0.1, 0.15) is 5.78 Å². The number of ketones is 1. The van der Waals surface area contributed by atoms with E-state index in [0.29, 0.717) is 0 Å². The van der Waals surface area contributed by atoms with Gasteiger partial charge in [-0.05, 0) is 44.3 Å². The molecule has 0 aliphatic heterocycles. The number of carboxylic acids is 1. The fourth-order valence-electron chi connectivity index (χ4n) is 2.52. The van der Waals surface area contributed by atoms with E-state index < -0.39 is 93.5 Å². The van der Waals surface area contributed by atoms with Crippen LogP contribution < -0.4 is 0 Å². The second-order valence-electron chi connectivity index (χ2n) is 8.75. The standard InChI is InChI=1S/C20H36O5S/c1-18(2,3)16(17(22)23)12-15(21)13-20(10-8-7-9-11-20)14-26(24,25)19(4,5)6/h16H,7-14H2,1-6H3,(H,22,23)/t16-/m1/s1/i7D2,8D2,9D2,10D2,11D2. The summed E-state index contributed by atoms with van der Waals surface area (Å²) in [6.07, 6.45) is -21.0. The van der Waals surface area contributed by atoms with E-state index in [1.165, 1.54) is 41.5 Å². The van der Waals surface area contributed by atoms with Crippen molar-refractivity contribution in [1.29, 1.82) is 0 Å². The molecule has 1 aliphatic rings. The van der Waals surface area contributed by atoms with E-state index in [4.69, 9.17) is 13.7 Å². The normalized spacial score (nSPS) is 35.2. The van der Waals surface area contributed by atoms with Gasteiger partial charge >= 0.3 is 5.97 Å². The number of aliphatic carboxylic acids is 1. The lowest BCUT2D eigenvalue weighted by Gasteiger charge is -2.39. The first-order chi connectivity index (χ1) is 15.4. The summed E-state index contributed by atoms with van der Waals surface area (Å²) >= 11 is 0. The van der Waals surface area contributed by atoms with E-state index >= 15 is 0 Å². The smallest absolute Gasteiger partial charge is 0.307 e. The van der Waals surface area contributed by atoms with Crippen LogP contribution in [0.4, 0.5) is 0 Å². The highest BCUT2D eigenvalue weighted by Crippen LogP contribution is 2.43. The third kappa shape index (κ3) is 6.07. The molecule has 1 saturated carbocycles. The number of carbonyl (C=O) groups excluding carboxylic acids is 1. The minimum Gasteiger partial charge on any atom is -0.481 e. The molecule has 0 radical (unpaired) electrons. The Morgan fingerprint density at radius 2 is 1.58 bits per heavy atom. The molecule has 0 heterocycles. The largest absolute Gasteiger partial charge is 0.481 e. The number of Topliss-reactive ketones (excluding diaryl/α,β-unsaturated/α-hetero) is 1. The van der Waals surface area contributed by atoms with Crippen molar-refractivity contribution in [1.82, 2.24) is 0 Å². The summed E-state index contributed by atoms with van der Waals surface area (Å²) in [7, 11) is -4.56. The van der Waals surface area contributed by atoms with Gasteiger partial charge in [0.2, 0.25) is 0 Å². The van der Waals surface area contributed by atoms with Gasteiger partial charge in [0.25, 0.3) is 0 Å². The second kappa shape index (κ2) is 7.99. The number of sulfone groups is 1. The van der Waals surface area contributed by atoms with Crippen molar-refractivity contribution in [3.63, 3.8) is 0 Å². The first-order valence-corrected chi connectivity index (χ1v) is 10.0. The van der Waals surface area contributed by atoms with Gasteiger partial charge in [-0.3, -0.25) is 9.59 Å². The Morgan fingerprint density at radius 3 is 1.96 bits per heavy atom. The van der Waals surface area contributed by atoms with Gasteiger partial charge in [-0.1, -0.05) is 39.9 Å². The summed E-state index contributed by atoms with van der Waals surface area (Å²) in [6, 6.07) is 0. The van der Waals surface area contributed by atoms with Crippen molar-refractivity contribution in [2.75, 3.05) is 5.75 Å². The van der Waals surface area contributed by atoms with Crippen molar-refractivity contribution < 1.29 is 36.8 Å². The maximum atomic E-state index is 13.3. The third-order valence-corrected chi connectivity index (χ3v) is 7.11. The molecule has 1 aliphatic carbocycles. The van der Waals surface area contributed by atoms with Gasteiger partial charge in [0, 0.05) is 26.5 Å². The number of hydrogen-bond donors (Lipinski definition) is 1. The monoisotopic (exact) mass is 398 g/mol. The molecule has 0 saturated heterocycles. The van der Waals surface area contributed by atoms with Crippen LogP contribution in [0, 0.1) is 16.7 Å². The SMILES string of the molecule is [2H]C1([2H])C([2H])([2H])C([2H])([2H])C(CC(=O)C[C@H](C(=O)O)C(C)(C)C)(CS(=O)(=O)C(C)(C)C)C([2H])([2H])C1([2H])[2H]. The quantitative estimate of drug-likeness (QED) is 0.692. The van der Waals surface area contributed by atoms with E-state index in [9.17, 15) is 23.1 Å². The second-order valence-corrected chi connectivity index (χ2v) is 11.5. The minimum absolute atomic E-state index is 0.777. The average Bonchev–Trinajstić information content (AvgIpc) is 2.61. The molecule has 0 aromatic heterocycles. The Hall–Kier alpha value is -0.910. The lowest BCUT2D eigenvalue weighted by molar-refractivity contribution is -0.148. The Bertz CT molecular complexity index is 977. The number of rotatable bonds is 7. The molecule has 0 amide bonds. The van der Waals surface area contributed by atoms with Gasteiger partial charge < -0.3 is 5.11 Å². The molecule has 5 nitrogen and oxygen atoms in total. The first kappa shape index (κ1) is 11.8. The Kier molecular flexibility index (Phi) is 3.63. The van der Waals surface area contributed by atoms with Gasteiger partial charge in [-0.2, -0.15) is 0 Å². The van der Waals surface area contributed by atoms with Crippen LogP contribution in [-0.2, 0) is 19.4 Å². The van der Waals surface area contributed by atoms with E-state index in [-0.39, 0.29) is 0 Å². The molecule has 0 bridgehead atoms. The first-order valence-electron chi connectivity index (χ1n) is 13.4. The number of carboxylic acid groups (broad SMARTS) is 1. The van der Waals surface area contributed by atoms with E-state index in [1.54, 1.807) is 0 Å². The van der Waals surface area contributed by atoms with Crippen LogP contribution in [0.3, 0.4) is 0 Å². The van der Waals surface area contributed by atoms with Gasteiger partial charge in [-0.15, -0.1) is 0 Å². The predicted molar refractivity (Wildman–Crippen MR) is 104 cm³/mol. The van der Waals surface area contributed by atoms with E-state index in [0.717, 1.165) is 0 Å². The summed E-state index contributed by atoms with van der Waals surface area (Å²) in [6.45, 7) is 8.20. The fraction of sp³-hybridized carbons (Fsp3) is 0.900. The van der Waals surface area contributed by atoms with Crippen molar-refractivity contribution in [3.8, 4) is 0 Å². The highest BCUT2D eigenvalue weighted by molar-refractivity contribution is 7.92. The zero-order valence-electron chi connectivity index (χ0n) is 26.2. The predicted octanol–water partition coefficient (Wildman–Crippen LogP) is 4.25. The Morgan fingerprint density at radius 1 is 1.08 bits per heavy atom. The molecule has 152 valence electrons. The molecular formula is C20H36O5S. The van der Waals surface area contributed by atoms with E-state index in [1.807, 2.05) is 0 Å². The Labute approximate surface area is 172 Å². The van der Waals surface area contributed by atoms with Crippen LogP contribution in [0.5, 0.6) is 0 Å². The summed E-state index contributed by atoms with van der Waals surface area (Å²) in [5.74, 6) is -5.36. The molecule has 0 aromatic carbocycles. The van der Waals surface area contributed by atoms with Gasteiger partial charge in [-0.25, -0.2) is 8.42 Å². The minimum atomic E-state index is -4.56. The van der Waals surface area contributed by atoms with Gasteiger partial charge in [0.15, 0.2) is 9.84 Å². The van der Waals surface area contributed by atoms with Gasteiger partial charge in [0.05, 0.1) is 16.4 Å². The van der Waals surface area contributed by atoms with Crippen LogP contribution in [0.1, 0.15) is 100.0 Å². The molecule has 1 N–H and O–H groups in total. The maximum absolute atomic E-state index is 13.3. The fourth-order valence-corrected chi connectivity index (χ4v) is 3.85. The topological polar surface area (TPSA) is 88.5 Å². The van der Waals surface area contributed by atoms with Crippen LogP contribution in [-0.4, -0.2) is 35.8 Å². The highest BCUT2D eigenvalue weighted by atomic mass is 32.2. The van der Waals surface area contributed by atoms with E-state index in [2.05, 4.69) is 0 Å². The van der Waals surface area contributed by atoms with Crippen LogP contribution in [0.15, 0.2) is 0 Å². The molecule has 1 fully saturated rings. The van der Waals surface area contributed by atoms with Crippen molar-refractivity contribution in [3.05, 3.63) is 0 Å². The molecule has 1 atom stereocenters. The van der Waals surface area contributed by atoms with Crippen LogP contribution in [0.25, 0.3) is 0 Å². The molecule has 0 aromatic rings. The lowest BCUT2D eigenvalue weighted by Crippen LogP contribution is -2.41. The molecular weight excluding hydrogens is 352 g/mol. The summed E-state index contributed by atoms with van der Waals surface area (Å²) in [5, 5.41) is 9.60. The molecule has 1 rings (SSSR count). The summed E-state index contributed by atoms with van der Waals surface area (Å²) in [5.41, 5.74) is -4.24. The lowest BCUT2D eigenvalue weighted by atomic mass is 9.70. The van der Waals surface area contributed by atoms with Crippen molar-refractivity contribution >= 4 is 21.6 Å². The summed E-state index contributed by atoms with van der Waals surface area (Å²) < 4.78 is 108. The number of carbonyl (C=O) groups is 2. The average molecular weight is 399 g/mol. The highest BCUT2D eigenvalue weighted by Gasteiger charge is 2.43. The zero-order valence-corrected chi connectivity index (χ0v) is 17.0. The molecule has 0 unspecified atom stereocenters. The summed E-state index contributed by atoms with van der Waals surface area (Å²) in [4.78, 5) is 25.0. The molecule has 26 heavy (non-hydrogen) atoms. The zero-order chi connectivity index (χ0) is 29.4. The molecule has 6 heteroatoms. The Balaban J connectivity index is 4.04. The van der Waals surface area contributed by atoms with Crippen molar-refractivity contribution in [2.45, 2.75) is 91.0 Å². The third-order valence-electron chi connectivity index (χ3n) is 4.37. The number of hydrogen-bond acceptors (Lipinski definition) is 4.